The number of benzene rings is 1. The molecular formula is C17H22Cl2N4O2. The Balaban J connectivity index is 0.00000225. The fourth-order valence-electron chi connectivity index (χ4n) is 2.71. The molecule has 0 spiro atoms. The van der Waals surface area contributed by atoms with E-state index in [1.54, 1.807) is 24.1 Å². The van der Waals surface area contributed by atoms with Gasteiger partial charge in [0, 0.05) is 49.4 Å². The van der Waals surface area contributed by atoms with Gasteiger partial charge in [0.05, 0.1) is 6.61 Å². The van der Waals surface area contributed by atoms with Gasteiger partial charge in [0.2, 0.25) is 0 Å². The molecule has 2 heterocycles. The highest BCUT2D eigenvalue weighted by atomic mass is 35.5. The molecule has 1 aliphatic heterocycles. The largest absolute Gasteiger partial charge is 0.494 e. The summed E-state index contributed by atoms with van der Waals surface area (Å²) in [6.45, 7) is 2.77. The second-order valence-electron chi connectivity index (χ2n) is 5.84. The van der Waals surface area contributed by atoms with Crippen molar-refractivity contribution >= 4 is 29.9 Å². The van der Waals surface area contributed by atoms with Crippen molar-refractivity contribution in [2.45, 2.75) is 19.4 Å². The smallest absolute Gasteiger partial charge is 0.274 e. The van der Waals surface area contributed by atoms with Crippen LogP contribution in [0.15, 0.2) is 24.3 Å². The zero-order valence-electron chi connectivity index (χ0n) is 14.0. The minimum atomic E-state index is -0.0531. The summed E-state index contributed by atoms with van der Waals surface area (Å²) in [6, 6.07) is 7.25. The summed E-state index contributed by atoms with van der Waals surface area (Å²) in [4.78, 5) is 14.2. The fraction of sp³-hybridized carbons (Fsp3) is 0.412. The number of hydrogen-bond acceptors (Lipinski definition) is 4. The number of nitrogens with one attached hydrogen (secondary N) is 2. The molecule has 136 valence electrons. The van der Waals surface area contributed by atoms with E-state index in [0.29, 0.717) is 30.4 Å². The number of ether oxygens (including phenoxy) is 1. The van der Waals surface area contributed by atoms with Gasteiger partial charge in [-0.2, -0.15) is 5.10 Å². The normalized spacial score (nSPS) is 12.9. The third-order valence-electron chi connectivity index (χ3n) is 4.08. The summed E-state index contributed by atoms with van der Waals surface area (Å²) < 4.78 is 5.64. The van der Waals surface area contributed by atoms with E-state index in [1.165, 1.54) is 0 Å². The molecule has 25 heavy (non-hydrogen) atoms. The van der Waals surface area contributed by atoms with Crippen molar-refractivity contribution in [3.05, 3.63) is 46.2 Å². The molecule has 1 aromatic carbocycles. The fourth-order valence-corrected chi connectivity index (χ4v) is 2.83. The maximum absolute atomic E-state index is 12.5. The van der Waals surface area contributed by atoms with E-state index < -0.39 is 0 Å². The van der Waals surface area contributed by atoms with E-state index in [-0.39, 0.29) is 18.3 Å². The van der Waals surface area contributed by atoms with E-state index in [2.05, 4.69) is 15.5 Å². The summed E-state index contributed by atoms with van der Waals surface area (Å²) in [6.07, 6.45) is 1.63. The molecule has 0 bridgehead atoms. The Morgan fingerprint density at radius 3 is 2.88 bits per heavy atom. The summed E-state index contributed by atoms with van der Waals surface area (Å²) in [5.41, 5.74) is 2.59. The lowest BCUT2D eigenvalue weighted by Crippen LogP contribution is -2.31. The Hall–Kier alpha value is -1.76. The first-order valence-corrected chi connectivity index (χ1v) is 8.43. The highest BCUT2D eigenvalue weighted by molar-refractivity contribution is 6.30. The number of aromatic nitrogens is 2. The molecule has 0 radical (unpaired) electrons. The number of rotatable bonds is 6. The number of halogens is 2. The van der Waals surface area contributed by atoms with Crippen LogP contribution in [-0.2, 0) is 13.0 Å². The van der Waals surface area contributed by atoms with E-state index in [0.717, 1.165) is 36.4 Å². The minimum Gasteiger partial charge on any atom is -0.494 e. The summed E-state index contributed by atoms with van der Waals surface area (Å²) in [7, 11) is 1.79. The number of amides is 1. The molecule has 0 atom stereocenters. The van der Waals surface area contributed by atoms with Crippen LogP contribution in [0.25, 0.3) is 0 Å². The van der Waals surface area contributed by atoms with Crippen molar-refractivity contribution < 1.29 is 9.53 Å². The SMILES string of the molecule is CN(CCCOc1ccc(Cl)cc1)C(=O)c1n[nH]c2c1CNCC2.Cl. The first-order valence-electron chi connectivity index (χ1n) is 8.06. The number of H-pyrrole nitrogens is 1. The van der Waals surface area contributed by atoms with Crippen LogP contribution in [-0.4, -0.2) is 47.7 Å². The van der Waals surface area contributed by atoms with Crippen molar-refractivity contribution in [3.8, 4) is 5.75 Å². The van der Waals surface area contributed by atoms with Gasteiger partial charge in [-0.25, -0.2) is 0 Å². The van der Waals surface area contributed by atoms with Crippen molar-refractivity contribution in [3.63, 3.8) is 0 Å². The van der Waals surface area contributed by atoms with Crippen LogP contribution in [0.1, 0.15) is 28.2 Å². The Bertz CT molecular complexity index is 703. The zero-order chi connectivity index (χ0) is 16.9. The van der Waals surface area contributed by atoms with Gasteiger partial charge in [-0.05, 0) is 30.7 Å². The molecule has 0 saturated carbocycles. The van der Waals surface area contributed by atoms with Crippen molar-refractivity contribution in [2.24, 2.45) is 0 Å². The van der Waals surface area contributed by atoms with Crippen molar-refractivity contribution in [2.75, 3.05) is 26.7 Å². The van der Waals surface area contributed by atoms with E-state index in [1.807, 2.05) is 12.1 Å². The zero-order valence-corrected chi connectivity index (χ0v) is 15.6. The van der Waals surface area contributed by atoms with Gasteiger partial charge < -0.3 is 15.0 Å². The molecule has 0 aliphatic carbocycles. The predicted octanol–water partition coefficient (Wildman–Crippen LogP) is 2.67. The molecule has 0 saturated heterocycles. The Labute approximate surface area is 158 Å². The molecule has 1 aliphatic rings. The molecule has 6 nitrogen and oxygen atoms in total. The van der Waals surface area contributed by atoms with Crippen molar-refractivity contribution in [1.82, 2.24) is 20.4 Å². The molecular weight excluding hydrogens is 363 g/mol. The average molecular weight is 385 g/mol. The molecule has 8 heteroatoms. The number of hydrogen-bond donors (Lipinski definition) is 2. The molecule has 1 amide bonds. The van der Waals surface area contributed by atoms with E-state index >= 15 is 0 Å². The van der Waals surface area contributed by atoms with Crippen LogP contribution < -0.4 is 10.1 Å². The monoisotopic (exact) mass is 384 g/mol. The van der Waals surface area contributed by atoms with Crippen LogP contribution >= 0.6 is 24.0 Å². The first kappa shape index (κ1) is 19.6. The molecule has 0 fully saturated rings. The predicted molar refractivity (Wildman–Crippen MR) is 99.8 cm³/mol. The lowest BCUT2D eigenvalue weighted by molar-refractivity contribution is 0.0780. The van der Waals surface area contributed by atoms with Crippen LogP contribution in [0.5, 0.6) is 5.75 Å². The molecule has 2 N–H and O–H groups in total. The van der Waals surface area contributed by atoms with Crippen LogP contribution in [0.2, 0.25) is 5.02 Å². The van der Waals surface area contributed by atoms with Gasteiger partial charge in [-0.1, -0.05) is 11.6 Å². The summed E-state index contributed by atoms with van der Waals surface area (Å²) >= 11 is 5.84. The maximum Gasteiger partial charge on any atom is 0.274 e. The van der Waals surface area contributed by atoms with Gasteiger partial charge in [0.1, 0.15) is 5.75 Å². The maximum atomic E-state index is 12.5. The van der Waals surface area contributed by atoms with E-state index in [9.17, 15) is 4.79 Å². The number of fused-ring (bicyclic) bond motifs is 1. The van der Waals surface area contributed by atoms with Crippen LogP contribution in [0, 0.1) is 0 Å². The van der Waals surface area contributed by atoms with Crippen molar-refractivity contribution in [1.29, 1.82) is 0 Å². The Kier molecular flexibility index (Phi) is 7.11. The molecule has 1 aromatic heterocycles. The molecule has 3 rings (SSSR count). The third kappa shape index (κ3) is 4.87. The van der Waals surface area contributed by atoms with Crippen LogP contribution in [0.3, 0.4) is 0 Å². The average Bonchev–Trinajstić information content (AvgIpc) is 3.03. The number of aromatic amines is 1. The minimum absolute atomic E-state index is 0. The second kappa shape index (κ2) is 9.08. The van der Waals surface area contributed by atoms with Gasteiger partial charge in [0.15, 0.2) is 5.69 Å². The van der Waals surface area contributed by atoms with Gasteiger partial charge in [0.25, 0.3) is 5.91 Å². The quantitative estimate of drug-likeness (QED) is 0.751. The topological polar surface area (TPSA) is 70.2 Å². The van der Waals surface area contributed by atoms with Gasteiger partial charge in [-0.15, -0.1) is 12.4 Å². The number of carbonyl (C=O) groups is 1. The van der Waals surface area contributed by atoms with Gasteiger partial charge in [-0.3, -0.25) is 9.89 Å². The Morgan fingerprint density at radius 1 is 1.36 bits per heavy atom. The Morgan fingerprint density at radius 2 is 2.12 bits per heavy atom. The number of nitrogens with zero attached hydrogens (tertiary/aromatic N) is 2. The summed E-state index contributed by atoms with van der Waals surface area (Å²) in [5, 5.41) is 11.1. The first-order chi connectivity index (χ1) is 11.6. The lowest BCUT2D eigenvalue weighted by atomic mass is 10.1. The molecule has 0 unspecified atom stereocenters. The van der Waals surface area contributed by atoms with Gasteiger partial charge >= 0.3 is 0 Å². The third-order valence-corrected chi connectivity index (χ3v) is 4.33. The standard InChI is InChI=1S/C17H21ClN4O2.ClH/c1-22(9-2-10-24-13-5-3-12(18)4-6-13)17(23)16-14-11-19-8-7-15(14)20-21-16;/h3-6,19H,2,7-11H2,1H3,(H,20,21);1H. The highest BCUT2D eigenvalue weighted by Crippen LogP contribution is 2.17. The lowest BCUT2D eigenvalue weighted by Gasteiger charge is -2.18. The molecule has 2 aromatic rings. The van der Waals surface area contributed by atoms with Crippen LogP contribution in [0.4, 0.5) is 0 Å². The number of carbonyl (C=O) groups excluding carboxylic acids is 1. The second-order valence-corrected chi connectivity index (χ2v) is 6.28. The highest BCUT2D eigenvalue weighted by Gasteiger charge is 2.23. The van der Waals surface area contributed by atoms with E-state index in [4.69, 9.17) is 16.3 Å². The summed E-state index contributed by atoms with van der Waals surface area (Å²) in [5.74, 6) is 0.725.